The van der Waals surface area contributed by atoms with Gasteiger partial charge in [0.25, 0.3) is 11.8 Å². The van der Waals surface area contributed by atoms with E-state index < -0.39 is 59.8 Å². The monoisotopic (exact) mass is 665 g/mol. The molecule has 258 valence electrons. The molecule has 13 heteroatoms. The molecule has 6 N–H and O–H groups in total. The molecule has 3 rings (SSSR count). The summed E-state index contributed by atoms with van der Waals surface area (Å²) in [6.45, 7) is 6.75. The predicted molar refractivity (Wildman–Crippen MR) is 175 cm³/mol. The second-order valence-corrected chi connectivity index (χ2v) is 11.9. The highest BCUT2D eigenvalue weighted by Crippen LogP contribution is 2.29. The van der Waals surface area contributed by atoms with Gasteiger partial charge in [-0.1, -0.05) is 44.2 Å². The third-order valence-corrected chi connectivity index (χ3v) is 8.14. The minimum absolute atomic E-state index is 0.0229. The topological polar surface area (TPSA) is 204 Å². The standard InChI is InChI=1S/C35H43N3O10/c1-18-13-24-29(38-34(44)22-10-8-11-23(39)16-22)26(40)17-25(31(24)42)37-33(43)19(2)9-7-12-27(46-5)32(48-35(36)45)21(4)15-20(3)30(41)28(14-18)47-6/h7-12,15-18,20,27-28,30,32,39,41H,13-14H2,1-6H3,(H2,36,45)(H,37,43)(H,38,44)/b12-7-,19-9+,21-15+/t18-,20+,27+,28+,30-,32-/m1/s1. The van der Waals surface area contributed by atoms with Crippen molar-refractivity contribution in [3.63, 3.8) is 0 Å². The Balaban J connectivity index is 2.10. The molecule has 2 bridgehead atoms. The number of methoxy groups -OCH3 is 2. The normalized spacial score (nSPS) is 29.1. The van der Waals surface area contributed by atoms with Crippen molar-refractivity contribution >= 4 is 29.5 Å². The number of rotatable bonds is 5. The van der Waals surface area contributed by atoms with Gasteiger partial charge in [-0.2, -0.15) is 0 Å². The van der Waals surface area contributed by atoms with E-state index in [0.717, 1.165) is 6.08 Å². The smallest absolute Gasteiger partial charge is 0.405 e. The Bertz CT molecular complexity index is 1590. The number of phenolic OH excluding ortho intramolecular Hbond substituents is 1. The molecule has 2 aliphatic rings. The average Bonchev–Trinajstić information content (AvgIpc) is 3.03. The molecular weight excluding hydrogens is 622 g/mol. The second kappa shape index (κ2) is 16.8. The van der Waals surface area contributed by atoms with Crippen LogP contribution < -0.4 is 16.4 Å². The molecule has 6 atom stereocenters. The number of primary amides is 1. The number of nitrogens with two attached hydrogens (primary N) is 1. The van der Waals surface area contributed by atoms with E-state index in [1.54, 1.807) is 32.9 Å². The fourth-order valence-corrected chi connectivity index (χ4v) is 5.55. The van der Waals surface area contributed by atoms with Gasteiger partial charge in [0.15, 0.2) is 6.10 Å². The summed E-state index contributed by atoms with van der Waals surface area (Å²) in [5.74, 6) is -3.84. The molecule has 0 fully saturated rings. The molecule has 1 aromatic carbocycles. The first kappa shape index (κ1) is 37.6. The summed E-state index contributed by atoms with van der Waals surface area (Å²) < 4.78 is 16.6. The van der Waals surface area contributed by atoms with Crippen molar-refractivity contribution in [3.8, 4) is 5.75 Å². The number of hydrogen-bond acceptors (Lipinski definition) is 10. The van der Waals surface area contributed by atoms with Crippen molar-refractivity contribution in [1.29, 1.82) is 0 Å². The number of ketones is 2. The molecule has 1 heterocycles. The number of phenols is 1. The summed E-state index contributed by atoms with van der Waals surface area (Å²) in [5, 5.41) is 26.2. The molecule has 0 saturated heterocycles. The molecule has 1 aliphatic carbocycles. The molecule has 0 aromatic heterocycles. The number of nitrogens with one attached hydrogen (secondary N) is 2. The van der Waals surface area contributed by atoms with E-state index in [4.69, 9.17) is 19.9 Å². The maximum Gasteiger partial charge on any atom is 0.405 e. The zero-order valence-electron chi connectivity index (χ0n) is 27.8. The van der Waals surface area contributed by atoms with Crippen LogP contribution in [0.3, 0.4) is 0 Å². The molecule has 1 aliphatic heterocycles. The van der Waals surface area contributed by atoms with Crippen LogP contribution in [0.4, 0.5) is 4.79 Å². The van der Waals surface area contributed by atoms with Crippen molar-refractivity contribution in [2.24, 2.45) is 17.6 Å². The van der Waals surface area contributed by atoms with Gasteiger partial charge in [-0.05, 0) is 56.4 Å². The lowest BCUT2D eigenvalue weighted by Crippen LogP contribution is -2.38. The maximum absolute atomic E-state index is 13.8. The molecule has 13 nitrogen and oxygen atoms in total. The number of allylic oxidation sites excluding steroid dienone is 4. The van der Waals surface area contributed by atoms with E-state index in [9.17, 15) is 34.2 Å². The third kappa shape index (κ3) is 9.59. The Morgan fingerprint density at radius 2 is 1.79 bits per heavy atom. The lowest BCUT2D eigenvalue weighted by atomic mass is 9.85. The highest BCUT2D eigenvalue weighted by atomic mass is 16.6. The van der Waals surface area contributed by atoms with Crippen LogP contribution in [0.15, 0.2) is 82.8 Å². The number of carbonyl (C=O) groups is 5. The number of aliphatic hydroxyl groups is 1. The Morgan fingerprint density at radius 3 is 2.42 bits per heavy atom. The summed E-state index contributed by atoms with van der Waals surface area (Å²) in [5.41, 5.74) is 5.54. The first-order valence-corrected chi connectivity index (χ1v) is 15.3. The number of carbonyl (C=O) groups excluding carboxylic acids is 5. The Morgan fingerprint density at radius 1 is 1.08 bits per heavy atom. The molecule has 0 spiro atoms. The molecule has 0 saturated carbocycles. The summed E-state index contributed by atoms with van der Waals surface area (Å²) in [4.78, 5) is 65.2. The number of amides is 3. The van der Waals surface area contributed by atoms with Gasteiger partial charge in [0.2, 0.25) is 11.6 Å². The van der Waals surface area contributed by atoms with Crippen molar-refractivity contribution in [2.45, 2.75) is 65.0 Å². The van der Waals surface area contributed by atoms with E-state index in [1.807, 2.05) is 0 Å². The highest BCUT2D eigenvalue weighted by Gasteiger charge is 2.34. The van der Waals surface area contributed by atoms with Crippen LogP contribution in [0.5, 0.6) is 5.75 Å². The summed E-state index contributed by atoms with van der Waals surface area (Å²) in [6.07, 6.45) is 2.76. The number of aromatic hydroxyl groups is 1. The first-order valence-electron chi connectivity index (χ1n) is 15.3. The third-order valence-electron chi connectivity index (χ3n) is 8.14. The van der Waals surface area contributed by atoms with Crippen molar-refractivity contribution in [2.75, 3.05) is 14.2 Å². The molecule has 0 unspecified atom stereocenters. The second-order valence-electron chi connectivity index (χ2n) is 11.9. The Kier molecular flexibility index (Phi) is 13.2. The van der Waals surface area contributed by atoms with Gasteiger partial charge in [0.1, 0.15) is 11.9 Å². The zero-order chi connectivity index (χ0) is 35.7. The minimum Gasteiger partial charge on any atom is -0.508 e. The fraction of sp³-hybridized carbons (Fsp3) is 0.400. The zero-order valence-corrected chi connectivity index (χ0v) is 27.8. The van der Waals surface area contributed by atoms with Crippen molar-refractivity contribution in [3.05, 3.63) is 88.3 Å². The maximum atomic E-state index is 13.8. The predicted octanol–water partition coefficient (Wildman–Crippen LogP) is 2.90. The molecule has 0 radical (unpaired) electrons. The largest absolute Gasteiger partial charge is 0.508 e. The summed E-state index contributed by atoms with van der Waals surface area (Å²) in [7, 11) is 2.84. The molecule has 48 heavy (non-hydrogen) atoms. The lowest BCUT2D eigenvalue weighted by Gasteiger charge is -2.30. The van der Waals surface area contributed by atoms with Crippen LogP contribution in [0.1, 0.15) is 50.9 Å². The van der Waals surface area contributed by atoms with E-state index in [0.29, 0.717) is 5.57 Å². The number of benzene rings is 1. The van der Waals surface area contributed by atoms with Gasteiger partial charge in [-0.3, -0.25) is 19.2 Å². The number of Topliss-reactive ketones (excluding diaryl/α,β-unsaturated/α-hetero) is 1. The number of fused-ring (bicyclic) bond motifs is 2. The van der Waals surface area contributed by atoms with Gasteiger partial charge in [-0.25, -0.2) is 4.79 Å². The fourth-order valence-electron chi connectivity index (χ4n) is 5.55. The van der Waals surface area contributed by atoms with E-state index in [-0.39, 0.29) is 52.6 Å². The van der Waals surface area contributed by atoms with Gasteiger partial charge in [0.05, 0.1) is 23.6 Å². The van der Waals surface area contributed by atoms with Gasteiger partial charge in [0, 0.05) is 42.9 Å². The lowest BCUT2D eigenvalue weighted by molar-refractivity contribution is -0.120. The summed E-state index contributed by atoms with van der Waals surface area (Å²) in [6, 6.07) is 5.50. The highest BCUT2D eigenvalue weighted by molar-refractivity contribution is 6.24. The van der Waals surface area contributed by atoms with E-state index in [1.165, 1.54) is 57.6 Å². The Labute approximate surface area is 279 Å². The first-order chi connectivity index (χ1) is 22.7. The van der Waals surface area contributed by atoms with E-state index in [2.05, 4.69) is 10.6 Å². The SMILES string of the molecule is CO[C@H]1/C=C\C=C(/C)C(=O)NC2=CC(=O)C(NC(=O)c3cccc(O)c3)=C(C[C@@H](C)C[C@H](OC)[C@H](O)[C@@H](C)/C=C(\C)[C@H]1OC(N)=O)C2=O. The van der Waals surface area contributed by atoms with Crippen LogP contribution in [0.2, 0.25) is 0 Å². The van der Waals surface area contributed by atoms with Gasteiger partial charge < -0.3 is 40.8 Å². The quantitative estimate of drug-likeness (QED) is 0.230. The van der Waals surface area contributed by atoms with Crippen molar-refractivity contribution < 1.29 is 48.4 Å². The summed E-state index contributed by atoms with van der Waals surface area (Å²) >= 11 is 0. The molecule has 1 aromatic rings. The number of aliphatic hydroxyl groups excluding tert-OH is 1. The van der Waals surface area contributed by atoms with Gasteiger partial charge in [-0.15, -0.1) is 0 Å². The van der Waals surface area contributed by atoms with Crippen LogP contribution in [-0.2, 0) is 28.6 Å². The molecule has 3 amide bonds. The average molecular weight is 666 g/mol. The molecular formula is C35H43N3O10. The Hall–Kier alpha value is -4.85. The van der Waals surface area contributed by atoms with E-state index >= 15 is 0 Å². The number of hydrogen-bond donors (Lipinski definition) is 5. The van der Waals surface area contributed by atoms with Crippen LogP contribution in [0, 0.1) is 11.8 Å². The van der Waals surface area contributed by atoms with Crippen molar-refractivity contribution in [1.82, 2.24) is 10.6 Å². The van der Waals surface area contributed by atoms with Crippen LogP contribution in [0.25, 0.3) is 0 Å². The minimum atomic E-state index is -1.05. The van der Waals surface area contributed by atoms with Crippen LogP contribution >= 0.6 is 0 Å². The number of ether oxygens (including phenoxy) is 3. The van der Waals surface area contributed by atoms with Crippen LogP contribution in [-0.4, -0.2) is 78.3 Å². The van der Waals surface area contributed by atoms with Gasteiger partial charge >= 0.3 is 6.09 Å².